The third-order valence-electron chi connectivity index (χ3n) is 1.95. The summed E-state index contributed by atoms with van der Waals surface area (Å²) in [5.41, 5.74) is 0. The maximum atomic E-state index is 11.3. The molecule has 0 aromatic heterocycles. The number of carboxylic acid groups (broad SMARTS) is 1. The number of hydrogen-bond acceptors (Lipinski definition) is 2. The molecular formula is C8H13NO3. The van der Waals surface area contributed by atoms with Crippen LogP contribution < -0.4 is 0 Å². The smallest absolute Gasteiger partial charge is 0.323 e. The molecule has 1 amide bonds. The minimum atomic E-state index is -0.939. The molecule has 1 saturated carbocycles. The summed E-state index contributed by atoms with van der Waals surface area (Å²) in [5.74, 6) is -0.824. The minimum Gasteiger partial charge on any atom is -0.480 e. The van der Waals surface area contributed by atoms with Crippen LogP contribution in [0.15, 0.2) is 0 Å². The van der Waals surface area contributed by atoms with Gasteiger partial charge in [0.2, 0.25) is 5.91 Å². The van der Waals surface area contributed by atoms with Gasteiger partial charge < -0.3 is 10.0 Å². The molecule has 0 aromatic carbocycles. The van der Waals surface area contributed by atoms with Gasteiger partial charge in [-0.2, -0.15) is 0 Å². The number of rotatable bonds is 4. The summed E-state index contributed by atoms with van der Waals surface area (Å²) in [4.78, 5) is 23.0. The summed E-state index contributed by atoms with van der Waals surface area (Å²) < 4.78 is 0. The second-order valence-corrected chi connectivity index (χ2v) is 3.02. The second kappa shape index (κ2) is 3.56. The summed E-state index contributed by atoms with van der Waals surface area (Å²) in [6, 6.07) is 0. The molecule has 12 heavy (non-hydrogen) atoms. The lowest BCUT2D eigenvalue weighted by Crippen LogP contribution is -2.36. The van der Waals surface area contributed by atoms with Crippen molar-refractivity contribution in [1.82, 2.24) is 4.90 Å². The van der Waals surface area contributed by atoms with Crippen LogP contribution in [-0.4, -0.2) is 35.0 Å². The standard InChI is InChI=1S/C8H13NO3/c1-2-9(5-7(10)11)8(12)6-3-4-6/h6H,2-5H2,1H3,(H,10,11). The first-order valence-electron chi connectivity index (χ1n) is 4.15. The lowest BCUT2D eigenvalue weighted by Gasteiger charge is -2.17. The molecular weight excluding hydrogens is 158 g/mol. The highest BCUT2D eigenvalue weighted by Crippen LogP contribution is 2.30. The highest BCUT2D eigenvalue weighted by Gasteiger charge is 2.33. The number of nitrogens with zero attached hydrogens (tertiary/aromatic N) is 1. The number of hydrogen-bond donors (Lipinski definition) is 1. The molecule has 0 heterocycles. The fourth-order valence-electron chi connectivity index (χ4n) is 1.10. The lowest BCUT2D eigenvalue weighted by molar-refractivity contribution is -0.144. The molecule has 4 nitrogen and oxygen atoms in total. The van der Waals surface area contributed by atoms with E-state index in [0.29, 0.717) is 6.54 Å². The fraction of sp³-hybridized carbons (Fsp3) is 0.750. The van der Waals surface area contributed by atoms with Gasteiger partial charge in [-0.05, 0) is 19.8 Å². The quantitative estimate of drug-likeness (QED) is 0.663. The summed E-state index contributed by atoms with van der Waals surface area (Å²) >= 11 is 0. The predicted molar refractivity (Wildman–Crippen MR) is 42.6 cm³/mol. The lowest BCUT2D eigenvalue weighted by atomic mass is 10.3. The van der Waals surface area contributed by atoms with Crippen LogP contribution in [0.2, 0.25) is 0 Å². The van der Waals surface area contributed by atoms with Gasteiger partial charge in [0.15, 0.2) is 0 Å². The van der Waals surface area contributed by atoms with Gasteiger partial charge in [-0.1, -0.05) is 0 Å². The normalized spacial score (nSPS) is 15.8. The molecule has 0 aromatic rings. The van der Waals surface area contributed by atoms with E-state index in [1.807, 2.05) is 0 Å². The highest BCUT2D eigenvalue weighted by molar-refractivity contribution is 5.84. The van der Waals surface area contributed by atoms with E-state index in [1.54, 1.807) is 6.92 Å². The van der Waals surface area contributed by atoms with Crippen molar-refractivity contribution in [3.8, 4) is 0 Å². The number of aliphatic carboxylic acids is 1. The van der Waals surface area contributed by atoms with E-state index in [9.17, 15) is 9.59 Å². The summed E-state index contributed by atoms with van der Waals surface area (Å²) in [7, 11) is 0. The number of carbonyl (C=O) groups excluding carboxylic acids is 1. The molecule has 0 saturated heterocycles. The monoisotopic (exact) mass is 171 g/mol. The van der Waals surface area contributed by atoms with E-state index in [1.165, 1.54) is 4.90 Å². The van der Waals surface area contributed by atoms with Gasteiger partial charge in [0.25, 0.3) is 0 Å². The van der Waals surface area contributed by atoms with Crippen LogP contribution in [0.25, 0.3) is 0 Å². The van der Waals surface area contributed by atoms with Gasteiger partial charge >= 0.3 is 5.97 Å². The molecule has 68 valence electrons. The largest absolute Gasteiger partial charge is 0.480 e. The second-order valence-electron chi connectivity index (χ2n) is 3.02. The van der Waals surface area contributed by atoms with Crippen molar-refractivity contribution in [3.05, 3.63) is 0 Å². The van der Waals surface area contributed by atoms with Gasteiger partial charge in [0.05, 0.1) is 0 Å². The third kappa shape index (κ3) is 2.22. The van der Waals surface area contributed by atoms with Crippen molar-refractivity contribution < 1.29 is 14.7 Å². The van der Waals surface area contributed by atoms with Crippen molar-refractivity contribution in [3.63, 3.8) is 0 Å². The van der Waals surface area contributed by atoms with Crippen molar-refractivity contribution in [2.24, 2.45) is 5.92 Å². The van der Waals surface area contributed by atoms with Crippen molar-refractivity contribution in [1.29, 1.82) is 0 Å². The van der Waals surface area contributed by atoms with Crippen LogP contribution in [-0.2, 0) is 9.59 Å². The number of likely N-dealkylation sites (N-methyl/N-ethyl adjacent to an activating group) is 1. The molecule has 0 bridgehead atoms. The van der Waals surface area contributed by atoms with E-state index in [2.05, 4.69) is 0 Å². The molecule has 0 aliphatic heterocycles. The van der Waals surface area contributed by atoms with E-state index in [0.717, 1.165) is 12.8 Å². The van der Waals surface area contributed by atoms with Gasteiger partial charge in [-0.3, -0.25) is 9.59 Å². The Morgan fingerprint density at radius 3 is 2.42 bits per heavy atom. The van der Waals surface area contributed by atoms with Gasteiger partial charge in [0.1, 0.15) is 6.54 Å². The number of carbonyl (C=O) groups is 2. The average molecular weight is 171 g/mol. The summed E-state index contributed by atoms with van der Waals surface area (Å²) in [6.45, 7) is 2.12. The van der Waals surface area contributed by atoms with E-state index < -0.39 is 5.97 Å². The maximum absolute atomic E-state index is 11.3. The minimum absolute atomic E-state index is 0.0000926. The summed E-state index contributed by atoms with van der Waals surface area (Å²) in [6.07, 6.45) is 1.85. The molecule has 1 N–H and O–H groups in total. The zero-order chi connectivity index (χ0) is 9.14. The van der Waals surface area contributed by atoms with Crippen molar-refractivity contribution in [2.75, 3.05) is 13.1 Å². The van der Waals surface area contributed by atoms with E-state index in [4.69, 9.17) is 5.11 Å². The molecule has 1 fully saturated rings. The Morgan fingerprint density at radius 2 is 2.08 bits per heavy atom. The van der Waals surface area contributed by atoms with Gasteiger partial charge in [-0.25, -0.2) is 0 Å². The SMILES string of the molecule is CCN(CC(=O)O)C(=O)C1CC1. The first-order chi connectivity index (χ1) is 5.65. The molecule has 0 unspecified atom stereocenters. The Bertz CT molecular complexity index is 198. The zero-order valence-corrected chi connectivity index (χ0v) is 7.12. The third-order valence-corrected chi connectivity index (χ3v) is 1.95. The van der Waals surface area contributed by atoms with Crippen LogP contribution in [0, 0.1) is 5.92 Å². The van der Waals surface area contributed by atoms with Crippen LogP contribution >= 0.6 is 0 Å². The Labute approximate surface area is 71.2 Å². The van der Waals surface area contributed by atoms with Gasteiger partial charge in [-0.15, -0.1) is 0 Å². The summed E-state index contributed by atoms with van der Waals surface area (Å²) in [5, 5.41) is 8.47. The van der Waals surface area contributed by atoms with Gasteiger partial charge in [0, 0.05) is 12.5 Å². The Balaban J connectivity index is 2.42. The van der Waals surface area contributed by atoms with Crippen LogP contribution in [0.3, 0.4) is 0 Å². The van der Waals surface area contributed by atoms with Crippen LogP contribution in [0.4, 0.5) is 0 Å². The van der Waals surface area contributed by atoms with Crippen molar-refractivity contribution >= 4 is 11.9 Å². The number of amides is 1. The highest BCUT2D eigenvalue weighted by atomic mass is 16.4. The molecule has 4 heteroatoms. The molecule has 1 aliphatic rings. The van der Waals surface area contributed by atoms with Crippen LogP contribution in [0.1, 0.15) is 19.8 Å². The molecule has 0 atom stereocenters. The fourth-order valence-corrected chi connectivity index (χ4v) is 1.10. The predicted octanol–water partition coefficient (Wildman–Crippen LogP) is 0.329. The topological polar surface area (TPSA) is 57.6 Å². The first kappa shape index (κ1) is 9.03. The maximum Gasteiger partial charge on any atom is 0.323 e. The molecule has 1 rings (SSSR count). The number of carboxylic acids is 1. The molecule has 0 spiro atoms. The Hall–Kier alpha value is -1.06. The average Bonchev–Trinajstić information content (AvgIpc) is 2.80. The Morgan fingerprint density at radius 1 is 1.50 bits per heavy atom. The van der Waals surface area contributed by atoms with E-state index >= 15 is 0 Å². The Kier molecular flexibility index (Phi) is 2.68. The zero-order valence-electron chi connectivity index (χ0n) is 7.12. The molecule has 1 aliphatic carbocycles. The first-order valence-corrected chi connectivity index (χ1v) is 4.15. The van der Waals surface area contributed by atoms with Crippen LogP contribution in [0.5, 0.6) is 0 Å². The molecule has 0 radical (unpaired) electrons. The van der Waals surface area contributed by atoms with E-state index in [-0.39, 0.29) is 18.4 Å². The van der Waals surface area contributed by atoms with Crippen molar-refractivity contribution in [2.45, 2.75) is 19.8 Å².